The van der Waals surface area contributed by atoms with E-state index >= 15 is 0 Å². The van der Waals surface area contributed by atoms with E-state index in [1.807, 2.05) is 22.1 Å². The van der Waals surface area contributed by atoms with E-state index in [0.717, 1.165) is 176 Å². The van der Waals surface area contributed by atoms with Gasteiger partial charge in [-0.3, -0.25) is 19.3 Å². The zero-order valence-electron chi connectivity index (χ0n) is 74.3. The van der Waals surface area contributed by atoms with Crippen molar-refractivity contribution in [3.63, 3.8) is 0 Å². The van der Waals surface area contributed by atoms with Crippen molar-refractivity contribution < 1.29 is 28.6 Å². The molecule has 3 N–H and O–H groups in total. The Morgan fingerprint density at radius 3 is 1.60 bits per heavy atom. The average molecular weight is 1750 g/mol. The number of benzene rings is 4. The molecule has 6 saturated heterocycles. The number of imidazole rings is 1. The number of rotatable bonds is 21. The number of amides is 3. The number of carbonyl (C=O) groups excluding carboxylic acids is 3. The van der Waals surface area contributed by atoms with E-state index in [-0.39, 0.29) is 63.0 Å². The summed E-state index contributed by atoms with van der Waals surface area (Å²) in [5, 5.41) is 3.78. The first-order chi connectivity index (χ1) is 60.3. The fraction of sp³-hybridized carbons (Fsp3) is 0.505. The first kappa shape index (κ1) is 89.9. The van der Waals surface area contributed by atoms with Crippen LogP contribution in [0.15, 0.2) is 104 Å². The Morgan fingerprint density at radius 1 is 0.540 bits per heavy atom. The second-order valence-electron chi connectivity index (χ2n) is 35.4. The van der Waals surface area contributed by atoms with Crippen molar-refractivity contribution in [3.8, 4) is 18.0 Å². The van der Waals surface area contributed by atoms with Gasteiger partial charge in [0, 0.05) is 173 Å². The number of H-pyrrole nitrogens is 3. The van der Waals surface area contributed by atoms with Gasteiger partial charge in [-0.2, -0.15) is 56.9 Å². The number of likely N-dealkylation sites (tertiary alicyclic amines) is 3. The Kier molecular flexibility index (Phi) is 28.2. The molecular formula is C95H124N22O7S2. The maximum atomic E-state index is 12.6. The third kappa shape index (κ3) is 18.9. The monoisotopic (exact) mass is 1750 g/mol. The summed E-state index contributed by atoms with van der Waals surface area (Å²) in [5.74, 6) is 3.49. The molecule has 126 heavy (non-hydrogen) atoms. The van der Waals surface area contributed by atoms with Crippen LogP contribution >= 0.6 is 27.0 Å². The van der Waals surface area contributed by atoms with Gasteiger partial charge in [-0.25, -0.2) is 11.4 Å². The first-order valence-corrected chi connectivity index (χ1v) is 44.9. The van der Waals surface area contributed by atoms with Gasteiger partial charge in [0.1, 0.15) is 36.7 Å². The van der Waals surface area contributed by atoms with E-state index in [9.17, 15) is 19.2 Å². The van der Waals surface area contributed by atoms with Crippen LogP contribution in [0.4, 0.5) is 34.5 Å². The lowest BCUT2D eigenvalue weighted by Crippen LogP contribution is -2.56. The minimum Gasteiger partial charge on any atom is -0.463 e. The SMILES string of the molecule is C=CC(=O)N1CCN(c2nc(OC[C@@H]3CCCN3C)nc3c2CCN(c2c(C)c(C)cc4[nH]c(=O)[nH]c24)C3)CC1.C=CC(=O)N1CCN(c2nc(OC[C@@H]3CCCN3C)nc3c2CCN(c2c(C)c(C)cc4[nH]ccc24)C3)CC1.S.S.[C-]#[N+]C[C@H]1CN(c2nc(OCCCN3C[C@H]4CC[C@@H]3C4)nc3c2CCN(c2cccc4cccc(C)c24)C3)CCN1C(=O)C=C. The number of nitrogens with zero attached hydrogens (tertiary/aromatic N) is 19. The third-order valence-electron chi connectivity index (χ3n) is 27.9. The number of nitrogens with one attached hydrogen (secondary N) is 3. The van der Waals surface area contributed by atoms with Gasteiger partial charge in [-0.05, 0) is 214 Å². The second kappa shape index (κ2) is 39.5. The molecule has 9 aromatic rings. The minimum absolute atomic E-state index is 0. The highest BCUT2D eigenvalue weighted by atomic mass is 32.1. The predicted octanol–water partition coefficient (Wildman–Crippen LogP) is 10.7. The summed E-state index contributed by atoms with van der Waals surface area (Å²) < 4.78 is 18.8. The molecule has 4 aromatic carbocycles. The van der Waals surface area contributed by atoms with Gasteiger partial charge in [0.25, 0.3) is 0 Å². The van der Waals surface area contributed by atoms with Crippen molar-refractivity contribution in [3.05, 3.63) is 182 Å². The molecule has 0 spiro atoms. The molecule has 31 heteroatoms. The molecule has 668 valence electrons. The van der Waals surface area contributed by atoms with Gasteiger partial charge in [-0.1, -0.05) is 50.1 Å². The quantitative estimate of drug-likeness (QED) is 0.0343. The van der Waals surface area contributed by atoms with Gasteiger partial charge >= 0.3 is 23.7 Å². The minimum atomic E-state index is -0.216. The maximum absolute atomic E-state index is 12.6. The maximum Gasteiger partial charge on any atom is 0.323 e. The van der Waals surface area contributed by atoms with Crippen molar-refractivity contribution in [1.82, 2.24) is 74.3 Å². The molecule has 1 aliphatic carbocycles. The molecule has 2 bridgehead atoms. The number of hydrogen-bond donors (Lipinski definition) is 3. The van der Waals surface area contributed by atoms with Gasteiger partial charge < -0.3 is 87.9 Å². The van der Waals surface area contributed by atoms with Crippen molar-refractivity contribution >= 4 is 112 Å². The average Bonchev–Trinajstić information content (AvgIpc) is 1.34. The lowest BCUT2D eigenvalue weighted by Gasteiger charge is -2.41. The summed E-state index contributed by atoms with van der Waals surface area (Å²) in [6.07, 6.45) is 18.3. The van der Waals surface area contributed by atoms with Crippen LogP contribution in [0.25, 0.3) is 37.6 Å². The molecule has 0 unspecified atom stereocenters. The van der Waals surface area contributed by atoms with Crippen LogP contribution in [0, 0.1) is 47.1 Å². The fourth-order valence-corrected chi connectivity index (χ4v) is 20.8. The van der Waals surface area contributed by atoms with Crippen LogP contribution in [0.3, 0.4) is 0 Å². The molecule has 0 radical (unpaired) electrons. The lowest BCUT2D eigenvalue weighted by atomic mass is 9.99. The highest BCUT2D eigenvalue weighted by molar-refractivity contribution is 7.59. The zero-order chi connectivity index (χ0) is 86.0. The molecule has 1 saturated carbocycles. The highest BCUT2D eigenvalue weighted by Crippen LogP contribution is 2.43. The van der Waals surface area contributed by atoms with E-state index in [4.69, 9.17) is 50.7 Å². The lowest BCUT2D eigenvalue weighted by molar-refractivity contribution is -0.128. The molecule has 5 atom stereocenters. The molecular weight excluding hydrogens is 1630 g/mol. The van der Waals surface area contributed by atoms with E-state index in [2.05, 4.69) is 181 Å². The topological polar surface area (TPSA) is 264 Å². The number of aromatic amines is 3. The number of fused-ring (bicyclic) bond motifs is 8. The molecule has 5 aromatic heterocycles. The van der Waals surface area contributed by atoms with E-state index in [1.165, 1.54) is 112 Å². The smallest absolute Gasteiger partial charge is 0.323 e. The van der Waals surface area contributed by atoms with Gasteiger partial charge in [0.15, 0.2) is 0 Å². The number of carbonyl (C=O) groups is 3. The number of likely N-dealkylation sites (N-methyl/N-ethyl adjacent to an activating group) is 2. The molecule has 14 heterocycles. The molecule has 3 amide bonds. The fourth-order valence-electron chi connectivity index (χ4n) is 20.8. The van der Waals surface area contributed by atoms with E-state index in [0.29, 0.717) is 128 Å². The number of hydrogen-bond acceptors (Lipinski definition) is 22. The second-order valence-corrected chi connectivity index (χ2v) is 35.4. The van der Waals surface area contributed by atoms with E-state index < -0.39 is 0 Å². The largest absolute Gasteiger partial charge is 0.463 e. The summed E-state index contributed by atoms with van der Waals surface area (Å²) in [6.45, 7) is 47.4. The molecule has 19 rings (SSSR count). The predicted molar refractivity (Wildman–Crippen MR) is 508 cm³/mol. The van der Waals surface area contributed by atoms with Crippen molar-refractivity contribution in [2.24, 2.45) is 5.92 Å². The molecule has 9 aliphatic heterocycles. The zero-order valence-corrected chi connectivity index (χ0v) is 76.3. The van der Waals surface area contributed by atoms with Crippen LogP contribution in [0.1, 0.15) is 113 Å². The summed E-state index contributed by atoms with van der Waals surface area (Å²) >= 11 is 0. The van der Waals surface area contributed by atoms with Crippen molar-refractivity contribution in [2.75, 3.05) is 188 Å². The molecule has 7 fully saturated rings. The molecule has 10 aliphatic rings. The van der Waals surface area contributed by atoms with Crippen LogP contribution in [0.5, 0.6) is 18.0 Å². The van der Waals surface area contributed by atoms with Crippen molar-refractivity contribution in [2.45, 2.75) is 149 Å². The summed E-state index contributed by atoms with van der Waals surface area (Å²) in [5.41, 5.74) is 18.7. The number of aromatic nitrogens is 9. The normalized spacial score (nSPS) is 20.6. The number of ether oxygens (including phenoxy) is 3. The Bertz CT molecular complexity index is 5610. The summed E-state index contributed by atoms with van der Waals surface area (Å²) in [4.78, 5) is 119. The number of aryl methyl sites for hydroxylation is 3. The van der Waals surface area contributed by atoms with Crippen LogP contribution in [0.2, 0.25) is 0 Å². The van der Waals surface area contributed by atoms with Crippen LogP contribution in [-0.4, -0.2) is 274 Å². The summed E-state index contributed by atoms with van der Waals surface area (Å²) in [7, 11) is 4.30. The third-order valence-corrected chi connectivity index (χ3v) is 27.9. The Balaban J connectivity index is 0.000000145. The summed E-state index contributed by atoms with van der Waals surface area (Å²) in [6, 6.07) is 22.0. The van der Waals surface area contributed by atoms with Crippen molar-refractivity contribution in [1.29, 1.82) is 0 Å². The van der Waals surface area contributed by atoms with Gasteiger partial charge in [0.2, 0.25) is 24.3 Å². The van der Waals surface area contributed by atoms with E-state index in [1.54, 1.807) is 4.90 Å². The van der Waals surface area contributed by atoms with Gasteiger partial charge in [-0.15, -0.1) is 0 Å². The van der Waals surface area contributed by atoms with Gasteiger partial charge in [0.05, 0.1) is 60.0 Å². The highest BCUT2D eigenvalue weighted by Gasteiger charge is 2.40. The number of piperidine rings is 1. The van der Waals surface area contributed by atoms with Crippen LogP contribution in [-0.2, 0) is 53.3 Å². The Labute approximate surface area is 753 Å². The Hall–Kier alpha value is -10.9. The number of anilines is 6. The Morgan fingerprint density at radius 2 is 1.06 bits per heavy atom. The standard InChI is InChI=1S/C36H43N7O2.C30H39N7O2.C29H38N8O3.2H2S/c1-4-33(44)43-18-17-42(23-29(43)21-37-3)35-30-14-16-41(32-11-6-10-27-9-5-8-25(2)34(27)32)24-31(30)38-36(39-35)45-19-7-15-40-22-26-12-13-28(40)20-26;1-5-27(38)35-13-15-36(16-14-35)29-24-9-12-37(28-21(3)20(2)17-25-23(28)8-10-31-25)18-26(24)32-30(33-29)39-19-22-7-6-11-34(22)4;1-5-24(38)35-11-13-36(14-12-35)27-21-8-10-37(26-19(3)18(2)15-22-25(26)32-28(39)30-22)16-23(21)31-29(33-27)40-17-20-7-6-9-34(20)4;;/h4-6,8-11,26,28-29H,1,7,12-24H2,2H3;5,8,10,17,22,31H,1,6-7,9,11-16,18-19H2,2-4H3;5,15,20H,1,6-14,16-17H2,2-4H3,(H2,30,32,39);2*1H2/t26-,28+,29-;22-;20-;;/m000../s1. The van der Waals surface area contributed by atoms with Crippen LogP contribution < -0.4 is 49.3 Å². The molecule has 29 nitrogen and oxygen atoms in total. The first-order valence-electron chi connectivity index (χ1n) is 44.9. The number of piperazine rings is 3.